The molecular weight excluding hydrogens is 226 g/mol. The molecule has 1 saturated heterocycles. The molecule has 1 N–H and O–H groups in total. The molecule has 2 aromatic rings. The third kappa shape index (κ3) is 2.29. The van der Waals surface area contributed by atoms with E-state index in [1.807, 2.05) is 0 Å². The summed E-state index contributed by atoms with van der Waals surface area (Å²) in [6.45, 7) is 3.16. The van der Waals surface area contributed by atoms with Crippen molar-refractivity contribution in [2.75, 3.05) is 6.61 Å². The minimum atomic E-state index is 0.248. The summed E-state index contributed by atoms with van der Waals surface area (Å²) in [5, 5.41) is 6.73. The number of rotatable bonds is 2. The fourth-order valence-corrected chi connectivity index (χ4v) is 2.40. The largest absolute Gasteiger partial charge is 0.374 e. The summed E-state index contributed by atoms with van der Waals surface area (Å²) in [6, 6.07) is 8.39. The highest BCUT2D eigenvalue weighted by atomic mass is 16.5. The molecule has 94 valence electrons. The van der Waals surface area contributed by atoms with Crippen LogP contribution in [0.5, 0.6) is 0 Å². The zero-order valence-electron chi connectivity index (χ0n) is 10.5. The van der Waals surface area contributed by atoms with Crippen LogP contribution in [0, 0.1) is 5.92 Å². The van der Waals surface area contributed by atoms with E-state index < -0.39 is 0 Å². The number of aromatic nitrogens is 3. The molecule has 1 aromatic heterocycles. The van der Waals surface area contributed by atoms with Crippen LogP contribution in [-0.2, 0) is 4.74 Å². The van der Waals surface area contributed by atoms with Crippen molar-refractivity contribution in [3.63, 3.8) is 0 Å². The van der Waals surface area contributed by atoms with Gasteiger partial charge in [0.1, 0.15) is 6.33 Å². The Morgan fingerprint density at radius 1 is 1.28 bits per heavy atom. The van der Waals surface area contributed by atoms with Crippen LogP contribution in [0.4, 0.5) is 0 Å². The Bertz CT molecular complexity index is 492. The molecule has 1 aliphatic rings. The fraction of sp³-hybridized carbons (Fsp3) is 0.429. The number of ether oxygens (including phenoxy) is 1. The van der Waals surface area contributed by atoms with E-state index in [0.717, 1.165) is 30.3 Å². The van der Waals surface area contributed by atoms with Gasteiger partial charge in [0.25, 0.3) is 0 Å². The Morgan fingerprint density at radius 3 is 2.78 bits per heavy atom. The number of aromatic amines is 1. The molecule has 0 amide bonds. The molecule has 4 heteroatoms. The first-order valence-electron chi connectivity index (χ1n) is 6.40. The summed E-state index contributed by atoms with van der Waals surface area (Å²) in [6.07, 6.45) is 4.06. The number of nitrogens with zero attached hydrogens (tertiary/aromatic N) is 2. The number of hydrogen-bond acceptors (Lipinski definition) is 3. The monoisotopic (exact) mass is 243 g/mol. The third-order valence-corrected chi connectivity index (χ3v) is 3.52. The van der Waals surface area contributed by atoms with Crippen LogP contribution in [0.25, 0.3) is 11.4 Å². The summed E-state index contributed by atoms with van der Waals surface area (Å²) in [5.41, 5.74) is 2.31. The van der Waals surface area contributed by atoms with E-state index in [1.165, 1.54) is 18.3 Å². The van der Waals surface area contributed by atoms with Crippen LogP contribution in [-0.4, -0.2) is 21.8 Å². The molecule has 4 nitrogen and oxygen atoms in total. The van der Waals surface area contributed by atoms with Crippen LogP contribution < -0.4 is 0 Å². The van der Waals surface area contributed by atoms with Crippen LogP contribution in [0.3, 0.4) is 0 Å². The lowest BCUT2D eigenvalue weighted by atomic mass is 9.93. The molecule has 2 heterocycles. The molecular formula is C14H17N3O. The Labute approximate surface area is 106 Å². The van der Waals surface area contributed by atoms with Crippen molar-refractivity contribution in [2.24, 2.45) is 5.92 Å². The first-order chi connectivity index (χ1) is 8.83. The standard InChI is InChI=1S/C14H17N3O/c1-10-6-7-18-13(8-10)11-2-4-12(5-3-11)14-15-9-16-17-14/h2-5,9-10,13H,6-8H2,1H3,(H,15,16,17). The predicted octanol–water partition coefficient (Wildman–Crippen LogP) is 2.96. The van der Waals surface area contributed by atoms with Gasteiger partial charge in [-0.3, -0.25) is 5.10 Å². The average molecular weight is 243 g/mol. The van der Waals surface area contributed by atoms with Gasteiger partial charge in [-0.15, -0.1) is 0 Å². The van der Waals surface area contributed by atoms with Crippen molar-refractivity contribution in [1.29, 1.82) is 0 Å². The Balaban J connectivity index is 1.78. The number of H-pyrrole nitrogens is 1. The quantitative estimate of drug-likeness (QED) is 0.882. The maximum atomic E-state index is 5.83. The number of benzene rings is 1. The summed E-state index contributed by atoms with van der Waals surface area (Å²) in [4.78, 5) is 4.14. The van der Waals surface area contributed by atoms with Gasteiger partial charge in [0.2, 0.25) is 0 Å². The molecule has 3 rings (SSSR count). The van der Waals surface area contributed by atoms with E-state index >= 15 is 0 Å². The third-order valence-electron chi connectivity index (χ3n) is 3.52. The van der Waals surface area contributed by atoms with Crippen molar-refractivity contribution in [3.05, 3.63) is 36.2 Å². The van der Waals surface area contributed by atoms with Gasteiger partial charge in [-0.25, -0.2) is 4.98 Å². The summed E-state index contributed by atoms with van der Waals surface area (Å²) >= 11 is 0. The number of hydrogen-bond donors (Lipinski definition) is 1. The van der Waals surface area contributed by atoms with Crippen LogP contribution in [0.1, 0.15) is 31.4 Å². The molecule has 18 heavy (non-hydrogen) atoms. The molecule has 0 bridgehead atoms. The van der Waals surface area contributed by atoms with Gasteiger partial charge >= 0.3 is 0 Å². The minimum absolute atomic E-state index is 0.248. The van der Waals surface area contributed by atoms with Crippen molar-refractivity contribution in [1.82, 2.24) is 15.2 Å². The molecule has 2 unspecified atom stereocenters. The Hall–Kier alpha value is -1.68. The van der Waals surface area contributed by atoms with E-state index in [9.17, 15) is 0 Å². The number of nitrogens with one attached hydrogen (secondary N) is 1. The second-order valence-corrected chi connectivity index (χ2v) is 4.95. The molecule has 0 aliphatic carbocycles. The molecule has 0 radical (unpaired) electrons. The second-order valence-electron chi connectivity index (χ2n) is 4.95. The van der Waals surface area contributed by atoms with Gasteiger partial charge in [0, 0.05) is 12.2 Å². The van der Waals surface area contributed by atoms with Gasteiger partial charge in [0.15, 0.2) is 5.82 Å². The van der Waals surface area contributed by atoms with Crippen LogP contribution in [0.2, 0.25) is 0 Å². The van der Waals surface area contributed by atoms with Crippen LogP contribution in [0.15, 0.2) is 30.6 Å². The van der Waals surface area contributed by atoms with Crippen molar-refractivity contribution in [3.8, 4) is 11.4 Å². The van der Waals surface area contributed by atoms with Gasteiger partial charge in [-0.1, -0.05) is 31.2 Å². The maximum absolute atomic E-state index is 5.83. The first kappa shape index (κ1) is 11.4. The zero-order valence-corrected chi connectivity index (χ0v) is 10.5. The van der Waals surface area contributed by atoms with Crippen molar-refractivity contribution >= 4 is 0 Å². The molecule has 2 atom stereocenters. The highest BCUT2D eigenvalue weighted by molar-refractivity contribution is 5.54. The maximum Gasteiger partial charge on any atom is 0.155 e. The topological polar surface area (TPSA) is 50.8 Å². The SMILES string of the molecule is CC1CCOC(c2ccc(-c3ncn[nH]3)cc2)C1. The van der Waals surface area contributed by atoms with Crippen molar-refractivity contribution in [2.45, 2.75) is 25.9 Å². The van der Waals surface area contributed by atoms with E-state index in [-0.39, 0.29) is 6.10 Å². The minimum Gasteiger partial charge on any atom is -0.374 e. The van der Waals surface area contributed by atoms with Crippen molar-refractivity contribution < 1.29 is 4.74 Å². The lowest BCUT2D eigenvalue weighted by Crippen LogP contribution is -2.17. The lowest BCUT2D eigenvalue weighted by Gasteiger charge is -2.27. The highest BCUT2D eigenvalue weighted by Gasteiger charge is 2.20. The zero-order chi connectivity index (χ0) is 12.4. The van der Waals surface area contributed by atoms with E-state index in [4.69, 9.17) is 4.74 Å². The second kappa shape index (κ2) is 4.90. The average Bonchev–Trinajstić information content (AvgIpc) is 2.93. The smallest absolute Gasteiger partial charge is 0.155 e. The summed E-state index contributed by atoms with van der Waals surface area (Å²) < 4.78 is 5.83. The molecule has 1 fully saturated rings. The fourth-order valence-electron chi connectivity index (χ4n) is 2.40. The van der Waals surface area contributed by atoms with E-state index in [0.29, 0.717) is 0 Å². The van der Waals surface area contributed by atoms with Gasteiger partial charge in [-0.05, 0) is 24.3 Å². The predicted molar refractivity (Wildman–Crippen MR) is 68.9 cm³/mol. The van der Waals surface area contributed by atoms with E-state index in [2.05, 4.69) is 46.4 Å². The molecule has 0 saturated carbocycles. The van der Waals surface area contributed by atoms with E-state index in [1.54, 1.807) is 0 Å². The molecule has 0 spiro atoms. The Kier molecular flexibility index (Phi) is 3.11. The normalized spacial score (nSPS) is 24.1. The summed E-state index contributed by atoms with van der Waals surface area (Å²) in [7, 11) is 0. The Morgan fingerprint density at radius 2 is 2.11 bits per heavy atom. The van der Waals surface area contributed by atoms with Gasteiger partial charge in [0.05, 0.1) is 6.10 Å². The first-order valence-corrected chi connectivity index (χ1v) is 6.40. The highest BCUT2D eigenvalue weighted by Crippen LogP contribution is 2.31. The summed E-state index contributed by atoms with van der Waals surface area (Å²) in [5.74, 6) is 1.55. The molecule has 1 aromatic carbocycles. The van der Waals surface area contributed by atoms with Crippen LogP contribution >= 0.6 is 0 Å². The lowest BCUT2D eigenvalue weighted by molar-refractivity contribution is -0.00632. The van der Waals surface area contributed by atoms with Gasteiger partial charge in [-0.2, -0.15) is 5.10 Å². The van der Waals surface area contributed by atoms with Gasteiger partial charge < -0.3 is 4.74 Å². The molecule has 1 aliphatic heterocycles.